The van der Waals surface area contributed by atoms with Gasteiger partial charge in [0.1, 0.15) is 0 Å². The van der Waals surface area contributed by atoms with Gasteiger partial charge in [0.15, 0.2) is 0 Å². The third-order valence-corrected chi connectivity index (χ3v) is 1.82. The fourth-order valence-electron chi connectivity index (χ4n) is 1.21. The molecule has 0 fully saturated rings. The number of pyridine rings is 1. The van der Waals surface area contributed by atoms with Crippen LogP contribution in [0.25, 0.3) is 6.08 Å². The predicted octanol–water partition coefficient (Wildman–Crippen LogP) is 2.30. The van der Waals surface area contributed by atoms with Crippen molar-refractivity contribution >= 4 is 6.08 Å². The Hall–Kier alpha value is -1.31. The van der Waals surface area contributed by atoms with Crippen molar-refractivity contribution in [1.29, 1.82) is 0 Å². The lowest BCUT2D eigenvalue weighted by molar-refractivity contribution is 0.393. The summed E-state index contributed by atoms with van der Waals surface area (Å²) in [5.41, 5.74) is 2.22. The lowest BCUT2D eigenvalue weighted by Gasteiger charge is -2.07. The van der Waals surface area contributed by atoms with Crippen LogP contribution in [0, 0.1) is 0 Å². The topological polar surface area (TPSA) is 22.1 Å². The Bertz CT molecular complexity index is 281. The summed E-state index contributed by atoms with van der Waals surface area (Å²) in [6.45, 7) is 5.81. The van der Waals surface area contributed by atoms with Crippen LogP contribution in [0.3, 0.4) is 0 Å². The van der Waals surface area contributed by atoms with Crippen molar-refractivity contribution in [2.75, 3.05) is 7.11 Å². The van der Waals surface area contributed by atoms with Gasteiger partial charge in [0, 0.05) is 11.8 Å². The van der Waals surface area contributed by atoms with Crippen molar-refractivity contribution in [2.45, 2.75) is 13.3 Å². The molecule has 0 N–H and O–H groups in total. The first-order chi connectivity index (χ1) is 5.83. The lowest BCUT2D eigenvalue weighted by atomic mass is 10.1. The highest BCUT2D eigenvalue weighted by atomic mass is 16.5. The molecule has 1 aromatic heterocycles. The van der Waals surface area contributed by atoms with Gasteiger partial charge in [-0.3, -0.25) is 0 Å². The van der Waals surface area contributed by atoms with Crippen molar-refractivity contribution in [1.82, 2.24) is 4.98 Å². The minimum absolute atomic E-state index is 0.704. The summed E-state index contributed by atoms with van der Waals surface area (Å²) >= 11 is 0. The quantitative estimate of drug-likeness (QED) is 0.682. The van der Waals surface area contributed by atoms with Crippen molar-refractivity contribution < 1.29 is 4.74 Å². The van der Waals surface area contributed by atoms with Gasteiger partial charge in [-0.05, 0) is 18.1 Å². The molecule has 0 aromatic carbocycles. The van der Waals surface area contributed by atoms with E-state index in [4.69, 9.17) is 4.74 Å². The van der Waals surface area contributed by atoms with Crippen LogP contribution in [0.5, 0.6) is 5.88 Å². The molecule has 0 unspecified atom stereocenters. The monoisotopic (exact) mass is 163 g/mol. The molecule has 0 amide bonds. The Morgan fingerprint density at radius 1 is 1.67 bits per heavy atom. The molecule has 0 saturated heterocycles. The Morgan fingerprint density at radius 3 is 2.92 bits per heavy atom. The highest BCUT2D eigenvalue weighted by Crippen LogP contribution is 2.20. The smallest absolute Gasteiger partial charge is 0.216 e. The van der Waals surface area contributed by atoms with Crippen molar-refractivity contribution in [3.8, 4) is 5.88 Å². The van der Waals surface area contributed by atoms with Gasteiger partial charge in [-0.25, -0.2) is 4.98 Å². The van der Waals surface area contributed by atoms with Crippen LogP contribution in [0.15, 0.2) is 18.8 Å². The van der Waals surface area contributed by atoms with E-state index in [0.29, 0.717) is 5.88 Å². The average Bonchev–Trinajstić information content (AvgIpc) is 2.16. The average molecular weight is 163 g/mol. The van der Waals surface area contributed by atoms with Crippen molar-refractivity contribution in [2.24, 2.45) is 0 Å². The minimum Gasteiger partial charge on any atom is -0.481 e. The van der Waals surface area contributed by atoms with Gasteiger partial charge in [-0.2, -0.15) is 0 Å². The molecule has 0 atom stereocenters. The normalized spacial score (nSPS) is 9.50. The maximum absolute atomic E-state index is 5.12. The predicted molar refractivity (Wildman–Crippen MR) is 50.3 cm³/mol. The van der Waals surface area contributed by atoms with Crippen LogP contribution in [-0.2, 0) is 6.42 Å². The third kappa shape index (κ3) is 1.47. The molecule has 2 nitrogen and oxygen atoms in total. The molecule has 1 aromatic rings. The summed E-state index contributed by atoms with van der Waals surface area (Å²) in [5.74, 6) is 0.704. The number of nitrogens with zero attached hydrogens (tertiary/aromatic N) is 1. The van der Waals surface area contributed by atoms with Gasteiger partial charge in [0.2, 0.25) is 5.88 Å². The first-order valence-corrected chi connectivity index (χ1v) is 3.97. The largest absolute Gasteiger partial charge is 0.481 e. The van der Waals surface area contributed by atoms with Crippen molar-refractivity contribution in [3.63, 3.8) is 0 Å². The molecule has 1 heterocycles. The van der Waals surface area contributed by atoms with Gasteiger partial charge in [0.25, 0.3) is 0 Å². The summed E-state index contributed by atoms with van der Waals surface area (Å²) in [4.78, 5) is 4.11. The molecule has 0 aliphatic heterocycles. The Kier molecular flexibility index (Phi) is 2.86. The second kappa shape index (κ2) is 3.90. The Morgan fingerprint density at radius 2 is 2.42 bits per heavy atom. The number of ether oxygens (including phenoxy) is 1. The van der Waals surface area contributed by atoms with Crippen LogP contribution in [-0.4, -0.2) is 12.1 Å². The number of methoxy groups -OCH3 is 1. The minimum atomic E-state index is 0.704. The molecule has 0 bridgehead atoms. The van der Waals surface area contributed by atoms with Crippen LogP contribution in [0.1, 0.15) is 18.1 Å². The summed E-state index contributed by atoms with van der Waals surface area (Å²) in [6, 6.07) is 1.94. The lowest BCUT2D eigenvalue weighted by Crippen LogP contribution is -1.95. The summed E-state index contributed by atoms with van der Waals surface area (Å²) in [7, 11) is 1.63. The van der Waals surface area contributed by atoms with Crippen LogP contribution >= 0.6 is 0 Å². The molecule has 1 rings (SSSR count). The zero-order chi connectivity index (χ0) is 8.97. The van der Waals surface area contributed by atoms with E-state index >= 15 is 0 Å². The Labute approximate surface area is 72.9 Å². The SMILES string of the molecule is C=Cc1ccnc(OC)c1CC. The first kappa shape index (κ1) is 8.78. The van der Waals surface area contributed by atoms with Crippen LogP contribution in [0.4, 0.5) is 0 Å². The van der Waals surface area contributed by atoms with Gasteiger partial charge in [0.05, 0.1) is 7.11 Å². The van der Waals surface area contributed by atoms with E-state index in [9.17, 15) is 0 Å². The van der Waals surface area contributed by atoms with E-state index in [-0.39, 0.29) is 0 Å². The van der Waals surface area contributed by atoms with Gasteiger partial charge >= 0.3 is 0 Å². The fourth-order valence-corrected chi connectivity index (χ4v) is 1.21. The molecule has 0 aliphatic carbocycles. The molecule has 0 radical (unpaired) electrons. The van der Waals surface area contributed by atoms with E-state index in [1.54, 1.807) is 13.3 Å². The molecule has 12 heavy (non-hydrogen) atoms. The highest BCUT2D eigenvalue weighted by Gasteiger charge is 2.04. The highest BCUT2D eigenvalue weighted by molar-refractivity contribution is 5.54. The van der Waals surface area contributed by atoms with E-state index in [2.05, 4.69) is 18.5 Å². The maximum Gasteiger partial charge on any atom is 0.216 e. The van der Waals surface area contributed by atoms with Gasteiger partial charge in [-0.15, -0.1) is 0 Å². The summed E-state index contributed by atoms with van der Waals surface area (Å²) in [5, 5.41) is 0. The fraction of sp³-hybridized carbons (Fsp3) is 0.300. The van der Waals surface area contributed by atoms with E-state index < -0.39 is 0 Å². The zero-order valence-electron chi connectivity index (χ0n) is 7.50. The first-order valence-electron chi connectivity index (χ1n) is 3.97. The van der Waals surface area contributed by atoms with Crippen LogP contribution < -0.4 is 4.74 Å². The molecule has 0 aliphatic rings. The Balaban J connectivity index is 3.21. The zero-order valence-corrected chi connectivity index (χ0v) is 7.50. The second-order valence-corrected chi connectivity index (χ2v) is 2.45. The molecular weight excluding hydrogens is 150 g/mol. The molecule has 2 heteroatoms. The molecule has 0 spiro atoms. The van der Waals surface area contributed by atoms with E-state index in [1.165, 1.54) is 0 Å². The van der Waals surface area contributed by atoms with Gasteiger partial charge < -0.3 is 4.74 Å². The summed E-state index contributed by atoms with van der Waals surface area (Å²) < 4.78 is 5.12. The molecule has 64 valence electrons. The van der Waals surface area contributed by atoms with Crippen LogP contribution in [0.2, 0.25) is 0 Å². The van der Waals surface area contributed by atoms with E-state index in [0.717, 1.165) is 17.5 Å². The maximum atomic E-state index is 5.12. The van der Waals surface area contributed by atoms with Gasteiger partial charge in [-0.1, -0.05) is 19.6 Å². The number of aromatic nitrogens is 1. The van der Waals surface area contributed by atoms with Crippen molar-refractivity contribution in [3.05, 3.63) is 30.0 Å². The standard InChI is InChI=1S/C10H13NO/c1-4-8-6-7-11-10(12-3)9(8)5-2/h4,6-7H,1,5H2,2-3H3. The van der Waals surface area contributed by atoms with E-state index in [1.807, 2.05) is 12.1 Å². The molecular formula is C10H13NO. The second-order valence-electron chi connectivity index (χ2n) is 2.45. The number of rotatable bonds is 3. The molecule has 0 saturated carbocycles. The third-order valence-electron chi connectivity index (χ3n) is 1.82. The number of hydrogen-bond acceptors (Lipinski definition) is 2. The number of hydrogen-bond donors (Lipinski definition) is 0. The summed E-state index contributed by atoms with van der Waals surface area (Å²) in [6.07, 6.45) is 4.47.